The first-order valence-electron chi connectivity index (χ1n) is 10.1. The lowest BCUT2D eigenvalue weighted by Gasteiger charge is -2.09. The number of rotatable bonds is 5. The normalized spacial score (nSPS) is 10.8. The summed E-state index contributed by atoms with van der Waals surface area (Å²) in [5, 5.41) is 1.56. The minimum Gasteiger partial charge on any atom is -0.457 e. The summed E-state index contributed by atoms with van der Waals surface area (Å²) in [6.45, 7) is 0. The molecule has 0 atom stereocenters. The average Bonchev–Trinajstić information content (AvgIpc) is 3.17. The first-order chi connectivity index (χ1) is 15.7. The molecule has 0 aliphatic heterocycles. The number of hydrogen-bond donors (Lipinski definition) is 1. The molecule has 0 spiro atoms. The average molecular weight is 440 g/mol. The predicted octanol–water partition coefficient (Wildman–Crippen LogP) is 7.50. The summed E-state index contributed by atoms with van der Waals surface area (Å²) in [5.41, 5.74) is 2.94. The van der Waals surface area contributed by atoms with Crippen molar-refractivity contribution < 1.29 is 14.3 Å². The minimum atomic E-state index is -0.462. The molecule has 0 radical (unpaired) electrons. The van der Waals surface area contributed by atoms with Crippen LogP contribution in [0.25, 0.3) is 22.2 Å². The van der Waals surface area contributed by atoms with Crippen molar-refractivity contribution in [2.24, 2.45) is 0 Å². The van der Waals surface area contributed by atoms with Crippen LogP contribution in [-0.2, 0) is 0 Å². The zero-order chi connectivity index (χ0) is 21.9. The number of H-pyrrole nitrogens is 1. The molecular weight excluding hydrogens is 422 g/mol. The zero-order valence-corrected chi connectivity index (χ0v) is 17.7. The maximum Gasteiger partial charge on any atom is 0.343 e. The number of carbonyl (C=O) groups is 1. The van der Waals surface area contributed by atoms with E-state index in [1.54, 1.807) is 30.3 Å². The van der Waals surface area contributed by atoms with Crippen molar-refractivity contribution in [2.75, 3.05) is 0 Å². The SMILES string of the molecule is O=C(Oc1cccc(Oc2ccccc2)c1)c1cccc(-c2[nH]c3ccccc3c2Cl)c1. The van der Waals surface area contributed by atoms with E-state index in [0.717, 1.165) is 22.2 Å². The van der Waals surface area contributed by atoms with Crippen LogP contribution in [0.1, 0.15) is 10.4 Å². The summed E-state index contributed by atoms with van der Waals surface area (Å²) in [6.07, 6.45) is 0. The second-order valence-corrected chi connectivity index (χ2v) is 7.60. The highest BCUT2D eigenvalue weighted by molar-refractivity contribution is 6.38. The number of aromatic nitrogens is 1. The highest BCUT2D eigenvalue weighted by Crippen LogP contribution is 2.34. The summed E-state index contributed by atoms with van der Waals surface area (Å²) in [4.78, 5) is 16.1. The third-order valence-corrected chi connectivity index (χ3v) is 5.42. The molecule has 5 aromatic rings. The maximum absolute atomic E-state index is 12.8. The van der Waals surface area contributed by atoms with Crippen molar-refractivity contribution in [2.45, 2.75) is 0 Å². The Bertz CT molecular complexity index is 1410. The summed E-state index contributed by atoms with van der Waals surface area (Å²) in [7, 11) is 0. The van der Waals surface area contributed by atoms with E-state index in [9.17, 15) is 4.79 Å². The quantitative estimate of drug-likeness (QED) is 0.228. The van der Waals surface area contributed by atoms with Crippen LogP contribution in [0.5, 0.6) is 17.2 Å². The first kappa shape index (κ1) is 19.9. The number of nitrogens with one attached hydrogen (secondary N) is 1. The molecular formula is C27H18ClNO3. The van der Waals surface area contributed by atoms with Gasteiger partial charge in [-0.15, -0.1) is 0 Å². The topological polar surface area (TPSA) is 51.3 Å². The number of esters is 1. The van der Waals surface area contributed by atoms with E-state index in [1.165, 1.54) is 0 Å². The molecule has 0 amide bonds. The van der Waals surface area contributed by atoms with E-state index >= 15 is 0 Å². The summed E-state index contributed by atoms with van der Waals surface area (Å²) >= 11 is 6.58. The van der Waals surface area contributed by atoms with E-state index in [0.29, 0.717) is 27.8 Å². The Kier molecular flexibility index (Phi) is 5.36. The van der Waals surface area contributed by atoms with Crippen LogP contribution in [0.15, 0.2) is 103 Å². The van der Waals surface area contributed by atoms with Gasteiger partial charge in [-0.2, -0.15) is 0 Å². The fourth-order valence-corrected chi connectivity index (χ4v) is 3.82. The van der Waals surface area contributed by atoms with Crippen LogP contribution in [0.4, 0.5) is 0 Å². The minimum absolute atomic E-state index is 0.400. The van der Waals surface area contributed by atoms with Crippen molar-refractivity contribution in [1.29, 1.82) is 0 Å². The number of carbonyl (C=O) groups excluding carboxylic acids is 1. The van der Waals surface area contributed by atoms with Crippen LogP contribution in [0, 0.1) is 0 Å². The van der Waals surface area contributed by atoms with Gasteiger partial charge < -0.3 is 14.5 Å². The Balaban J connectivity index is 1.37. The van der Waals surface area contributed by atoms with Crippen molar-refractivity contribution in [3.8, 4) is 28.5 Å². The van der Waals surface area contributed by atoms with Gasteiger partial charge >= 0.3 is 5.97 Å². The Labute approximate surface area is 190 Å². The van der Waals surface area contributed by atoms with Gasteiger partial charge in [-0.1, -0.05) is 66.2 Å². The molecule has 32 heavy (non-hydrogen) atoms. The number of ether oxygens (including phenoxy) is 2. The Hall–Kier alpha value is -4.02. The summed E-state index contributed by atoms with van der Waals surface area (Å²) in [5.74, 6) is 1.23. The molecule has 0 fully saturated rings. The van der Waals surface area contributed by atoms with Crippen LogP contribution >= 0.6 is 11.6 Å². The van der Waals surface area contributed by atoms with Gasteiger partial charge in [0.1, 0.15) is 17.2 Å². The lowest BCUT2D eigenvalue weighted by atomic mass is 10.1. The molecule has 5 rings (SSSR count). The highest BCUT2D eigenvalue weighted by atomic mass is 35.5. The van der Waals surface area contributed by atoms with Crippen LogP contribution in [0.2, 0.25) is 5.02 Å². The summed E-state index contributed by atoms with van der Waals surface area (Å²) in [6, 6.07) is 31.4. The number of hydrogen-bond acceptors (Lipinski definition) is 3. The Morgan fingerprint density at radius 2 is 1.44 bits per heavy atom. The van der Waals surface area contributed by atoms with Gasteiger partial charge in [0.2, 0.25) is 0 Å². The lowest BCUT2D eigenvalue weighted by Crippen LogP contribution is -2.08. The summed E-state index contributed by atoms with van der Waals surface area (Å²) < 4.78 is 11.4. The van der Waals surface area contributed by atoms with Crippen LogP contribution in [-0.4, -0.2) is 11.0 Å². The molecule has 0 aliphatic rings. The molecule has 0 unspecified atom stereocenters. The molecule has 5 heteroatoms. The third-order valence-electron chi connectivity index (χ3n) is 5.02. The molecule has 1 N–H and O–H groups in total. The Morgan fingerprint density at radius 3 is 2.28 bits per heavy atom. The van der Waals surface area contributed by atoms with E-state index in [1.807, 2.05) is 72.8 Å². The fraction of sp³-hybridized carbons (Fsp3) is 0. The van der Waals surface area contributed by atoms with Crippen LogP contribution < -0.4 is 9.47 Å². The number of para-hydroxylation sites is 2. The van der Waals surface area contributed by atoms with E-state index in [2.05, 4.69) is 4.98 Å². The number of benzene rings is 4. The second-order valence-electron chi connectivity index (χ2n) is 7.22. The number of halogens is 1. The largest absolute Gasteiger partial charge is 0.457 e. The van der Waals surface area contributed by atoms with E-state index < -0.39 is 5.97 Å². The van der Waals surface area contributed by atoms with Gasteiger partial charge in [0.05, 0.1) is 16.3 Å². The molecule has 0 bridgehead atoms. The van der Waals surface area contributed by atoms with Crippen molar-refractivity contribution in [3.05, 3.63) is 114 Å². The van der Waals surface area contributed by atoms with Crippen molar-refractivity contribution in [3.63, 3.8) is 0 Å². The fourth-order valence-electron chi connectivity index (χ4n) is 3.50. The molecule has 1 heterocycles. The molecule has 0 aliphatic carbocycles. The van der Waals surface area contributed by atoms with Crippen LogP contribution in [0.3, 0.4) is 0 Å². The molecule has 1 aromatic heterocycles. The molecule has 156 valence electrons. The van der Waals surface area contributed by atoms with Gasteiger partial charge in [0.25, 0.3) is 0 Å². The van der Waals surface area contributed by atoms with Gasteiger partial charge in [-0.05, 0) is 42.5 Å². The lowest BCUT2D eigenvalue weighted by molar-refractivity contribution is 0.0734. The van der Waals surface area contributed by atoms with Gasteiger partial charge in [0, 0.05) is 22.5 Å². The highest BCUT2D eigenvalue weighted by Gasteiger charge is 2.15. The molecule has 0 saturated heterocycles. The number of aromatic amines is 1. The molecule has 0 saturated carbocycles. The van der Waals surface area contributed by atoms with Gasteiger partial charge in [-0.25, -0.2) is 4.79 Å². The standard InChI is InChI=1S/C27H18ClNO3/c28-25-23-14-4-5-15-24(23)29-26(25)18-8-6-9-19(16-18)27(30)32-22-13-7-12-21(17-22)31-20-10-2-1-3-11-20/h1-17,29H. The first-order valence-corrected chi connectivity index (χ1v) is 10.5. The van der Waals surface area contributed by atoms with Crippen molar-refractivity contribution in [1.82, 2.24) is 4.98 Å². The predicted molar refractivity (Wildman–Crippen MR) is 127 cm³/mol. The second kappa shape index (κ2) is 8.61. The smallest absolute Gasteiger partial charge is 0.343 e. The van der Waals surface area contributed by atoms with E-state index in [-0.39, 0.29) is 0 Å². The van der Waals surface area contributed by atoms with Gasteiger partial charge in [-0.3, -0.25) is 0 Å². The molecule has 4 aromatic carbocycles. The maximum atomic E-state index is 12.8. The monoisotopic (exact) mass is 439 g/mol. The van der Waals surface area contributed by atoms with Crippen molar-refractivity contribution >= 4 is 28.5 Å². The Morgan fingerprint density at radius 1 is 0.719 bits per heavy atom. The zero-order valence-electron chi connectivity index (χ0n) is 16.9. The number of fused-ring (bicyclic) bond motifs is 1. The van der Waals surface area contributed by atoms with E-state index in [4.69, 9.17) is 21.1 Å². The third kappa shape index (κ3) is 4.09. The van der Waals surface area contributed by atoms with Gasteiger partial charge in [0.15, 0.2) is 0 Å². The molecule has 4 nitrogen and oxygen atoms in total.